The Balaban J connectivity index is 3.50. The summed E-state index contributed by atoms with van der Waals surface area (Å²) in [7, 11) is 0. The summed E-state index contributed by atoms with van der Waals surface area (Å²) in [6.07, 6.45) is 2.00. The molecule has 0 atom stereocenters. The summed E-state index contributed by atoms with van der Waals surface area (Å²) >= 11 is 0. The average molecular weight is 112 g/mol. The fourth-order valence-electron chi connectivity index (χ4n) is 0.286. The summed E-state index contributed by atoms with van der Waals surface area (Å²) in [6.45, 7) is 0. The molecule has 0 amide bonds. The number of nitrogens with zero attached hydrogens (tertiary/aromatic N) is 1. The van der Waals surface area contributed by atoms with Crippen LogP contribution in [0.3, 0.4) is 0 Å². The Kier molecular flexibility index (Phi) is 0.957. The zero-order valence-electron chi connectivity index (χ0n) is 3.76. The van der Waals surface area contributed by atoms with E-state index in [9.17, 15) is 9.59 Å². The van der Waals surface area contributed by atoms with Crippen molar-refractivity contribution in [2.24, 2.45) is 0 Å². The van der Waals surface area contributed by atoms with Gasteiger partial charge in [0.1, 0.15) is 0 Å². The first-order chi connectivity index (χ1) is 3.79. The maximum absolute atomic E-state index is 10.1. The molecule has 0 bridgehead atoms. The van der Waals surface area contributed by atoms with E-state index in [0.717, 1.165) is 0 Å². The standard InChI is InChI=1S/C3H2N3O2/c7-2-4-1-5-3(8)6-2/h(H2,4,5,6,7,8). The summed E-state index contributed by atoms with van der Waals surface area (Å²) in [4.78, 5) is 27.1. The minimum Gasteiger partial charge on any atom is -0.289 e. The molecule has 1 radical (unpaired) electrons. The van der Waals surface area contributed by atoms with Crippen LogP contribution in [0.5, 0.6) is 0 Å². The lowest BCUT2D eigenvalue weighted by molar-refractivity contribution is 0.923. The van der Waals surface area contributed by atoms with Crippen molar-refractivity contribution in [3.05, 3.63) is 27.3 Å². The number of rotatable bonds is 0. The number of aromatic nitrogens is 3. The van der Waals surface area contributed by atoms with Gasteiger partial charge >= 0.3 is 11.4 Å². The quantitative estimate of drug-likeness (QED) is 0.418. The van der Waals surface area contributed by atoms with Crippen molar-refractivity contribution >= 4 is 0 Å². The highest BCUT2D eigenvalue weighted by Crippen LogP contribution is 1.38. The second-order valence-corrected chi connectivity index (χ2v) is 1.11. The molecule has 0 aliphatic heterocycles. The monoisotopic (exact) mass is 112 g/mol. The Hall–Kier alpha value is -1.39. The van der Waals surface area contributed by atoms with Crippen molar-refractivity contribution in [1.29, 1.82) is 0 Å². The molecule has 1 aromatic rings. The van der Waals surface area contributed by atoms with Gasteiger partial charge in [0.25, 0.3) is 0 Å². The third-order valence-corrected chi connectivity index (χ3v) is 0.547. The van der Waals surface area contributed by atoms with Gasteiger partial charge in [-0.2, -0.15) is 4.98 Å². The maximum atomic E-state index is 10.1. The average Bonchev–Trinajstić information content (AvgIpc) is 1.64. The van der Waals surface area contributed by atoms with Crippen LogP contribution in [0.4, 0.5) is 0 Å². The minimum atomic E-state index is -0.686. The van der Waals surface area contributed by atoms with Gasteiger partial charge in [0.05, 0.1) is 0 Å². The summed E-state index contributed by atoms with van der Waals surface area (Å²) in [6, 6.07) is 0. The first-order valence-corrected chi connectivity index (χ1v) is 1.86. The van der Waals surface area contributed by atoms with Gasteiger partial charge in [0.2, 0.25) is 0 Å². The van der Waals surface area contributed by atoms with E-state index in [1.807, 2.05) is 16.3 Å². The Morgan fingerprint density at radius 3 is 2.62 bits per heavy atom. The number of H-pyrrole nitrogens is 2. The van der Waals surface area contributed by atoms with Gasteiger partial charge in [-0.1, -0.05) is 0 Å². The summed E-state index contributed by atoms with van der Waals surface area (Å²) < 4.78 is 0. The van der Waals surface area contributed by atoms with Crippen LogP contribution in [0.2, 0.25) is 0 Å². The van der Waals surface area contributed by atoms with Crippen molar-refractivity contribution in [2.45, 2.75) is 0 Å². The molecule has 0 unspecified atom stereocenters. The van der Waals surface area contributed by atoms with Crippen LogP contribution < -0.4 is 11.4 Å². The lowest BCUT2D eigenvalue weighted by Gasteiger charge is -1.73. The predicted molar refractivity (Wildman–Crippen MR) is 24.3 cm³/mol. The first-order valence-electron chi connectivity index (χ1n) is 1.86. The predicted octanol–water partition coefficient (Wildman–Crippen LogP) is -1.74. The zero-order chi connectivity index (χ0) is 5.98. The van der Waals surface area contributed by atoms with Gasteiger partial charge in [0, 0.05) is 0 Å². The number of nitrogens with one attached hydrogen (secondary N) is 2. The molecule has 1 heterocycles. The van der Waals surface area contributed by atoms with Crippen LogP contribution in [0.25, 0.3) is 0 Å². The van der Waals surface area contributed by atoms with Crippen molar-refractivity contribution in [3.63, 3.8) is 0 Å². The van der Waals surface area contributed by atoms with Gasteiger partial charge < -0.3 is 0 Å². The normalized spacial score (nSPS) is 9.00. The van der Waals surface area contributed by atoms with Gasteiger partial charge in [-0.3, -0.25) is 9.97 Å². The first kappa shape index (κ1) is 4.76. The lowest BCUT2D eigenvalue weighted by atomic mass is 11.0. The van der Waals surface area contributed by atoms with Crippen molar-refractivity contribution in [2.75, 3.05) is 0 Å². The summed E-state index contributed by atoms with van der Waals surface area (Å²) in [5.74, 6) is 0. The molecule has 0 fully saturated rings. The molecule has 0 aliphatic rings. The van der Waals surface area contributed by atoms with Crippen LogP contribution in [0.1, 0.15) is 0 Å². The van der Waals surface area contributed by atoms with E-state index in [1.54, 1.807) is 0 Å². The molecule has 0 saturated carbocycles. The second kappa shape index (κ2) is 1.61. The van der Waals surface area contributed by atoms with E-state index in [0.29, 0.717) is 0 Å². The molecular formula is C3H2N3O2. The largest absolute Gasteiger partial charge is 0.351 e. The number of hydrogen-bond acceptors (Lipinski definition) is 3. The molecule has 0 saturated heterocycles. The number of aromatic amines is 2. The highest BCUT2D eigenvalue weighted by atomic mass is 16.2. The van der Waals surface area contributed by atoms with Gasteiger partial charge in [-0.25, -0.2) is 9.59 Å². The highest BCUT2D eigenvalue weighted by molar-refractivity contribution is 4.56. The van der Waals surface area contributed by atoms with E-state index in [1.165, 1.54) is 0 Å². The molecule has 0 aromatic carbocycles. The topological polar surface area (TPSA) is 78.6 Å². The Bertz CT molecular complexity index is 247. The third kappa shape index (κ3) is 0.810. The molecule has 2 N–H and O–H groups in total. The Morgan fingerprint density at radius 1 is 1.50 bits per heavy atom. The SMILES string of the molecule is O=c1n[c][nH]c(=O)[nH]1. The van der Waals surface area contributed by atoms with E-state index < -0.39 is 11.4 Å². The van der Waals surface area contributed by atoms with Crippen molar-refractivity contribution in [3.8, 4) is 0 Å². The van der Waals surface area contributed by atoms with Gasteiger partial charge in [-0.15, -0.1) is 0 Å². The Morgan fingerprint density at radius 2 is 2.25 bits per heavy atom. The molecule has 0 aliphatic carbocycles. The summed E-state index contributed by atoms with van der Waals surface area (Å²) in [5.41, 5.74) is -1.28. The number of hydrogen-bond donors (Lipinski definition) is 2. The Labute approximate surface area is 43.4 Å². The van der Waals surface area contributed by atoms with Crippen LogP contribution in [-0.4, -0.2) is 15.0 Å². The van der Waals surface area contributed by atoms with Crippen LogP contribution >= 0.6 is 0 Å². The third-order valence-electron chi connectivity index (χ3n) is 0.547. The molecule has 1 aromatic heterocycles. The molecule has 0 spiro atoms. The fraction of sp³-hybridized carbons (Fsp3) is 0. The molecular weight excluding hydrogens is 110 g/mol. The van der Waals surface area contributed by atoms with Crippen LogP contribution in [0.15, 0.2) is 9.59 Å². The van der Waals surface area contributed by atoms with E-state index in [2.05, 4.69) is 4.98 Å². The zero-order valence-corrected chi connectivity index (χ0v) is 3.76. The van der Waals surface area contributed by atoms with Crippen molar-refractivity contribution < 1.29 is 0 Å². The minimum absolute atomic E-state index is 0.593. The molecule has 5 heteroatoms. The molecule has 8 heavy (non-hydrogen) atoms. The van der Waals surface area contributed by atoms with E-state index in [-0.39, 0.29) is 0 Å². The molecule has 41 valence electrons. The van der Waals surface area contributed by atoms with E-state index in [4.69, 9.17) is 0 Å². The summed E-state index contributed by atoms with van der Waals surface area (Å²) in [5, 5.41) is 0. The van der Waals surface area contributed by atoms with Gasteiger partial charge in [0.15, 0.2) is 6.33 Å². The van der Waals surface area contributed by atoms with Crippen LogP contribution in [0, 0.1) is 6.33 Å². The second-order valence-electron chi connectivity index (χ2n) is 1.11. The van der Waals surface area contributed by atoms with Gasteiger partial charge in [-0.05, 0) is 0 Å². The molecule has 5 nitrogen and oxygen atoms in total. The fourth-order valence-corrected chi connectivity index (χ4v) is 0.286. The lowest BCUT2D eigenvalue weighted by Crippen LogP contribution is -2.23. The van der Waals surface area contributed by atoms with E-state index >= 15 is 0 Å². The van der Waals surface area contributed by atoms with Crippen molar-refractivity contribution in [1.82, 2.24) is 15.0 Å². The smallest absolute Gasteiger partial charge is 0.289 e. The van der Waals surface area contributed by atoms with Crippen LogP contribution in [-0.2, 0) is 0 Å². The molecule has 1 rings (SSSR count). The highest BCUT2D eigenvalue weighted by Gasteiger charge is 1.80. The maximum Gasteiger partial charge on any atom is 0.351 e.